The van der Waals surface area contributed by atoms with Crippen LogP contribution in [0.5, 0.6) is 0 Å². The molecular formula is C29H51N3O3S. The zero-order chi connectivity index (χ0) is 25.9. The largest absolute Gasteiger partial charge is 0.373 e. The first-order chi connectivity index (χ1) is 17.0. The highest BCUT2D eigenvalue weighted by Crippen LogP contribution is 2.65. The van der Waals surface area contributed by atoms with E-state index in [0.29, 0.717) is 29.2 Å². The third kappa shape index (κ3) is 4.85. The minimum atomic E-state index is -3.63. The molecule has 3 saturated carbocycles. The lowest BCUT2D eigenvalue weighted by Crippen LogP contribution is -2.51. The van der Waals surface area contributed by atoms with Gasteiger partial charge in [0.05, 0.1) is 12.2 Å². The Morgan fingerprint density at radius 3 is 2.69 bits per heavy atom. The lowest BCUT2D eigenvalue weighted by molar-refractivity contribution is -0.0458. The molecule has 6 nitrogen and oxygen atoms in total. The summed E-state index contributed by atoms with van der Waals surface area (Å²) in [5.41, 5.74) is 3.70. The number of hydrogen-bond donors (Lipinski definition) is 3. The molecule has 0 aromatic rings. The van der Waals surface area contributed by atoms with Crippen molar-refractivity contribution < 1.29 is 13.2 Å². The highest BCUT2D eigenvalue weighted by molar-refractivity contribution is 7.87. The zero-order valence-corrected chi connectivity index (χ0v) is 24.1. The van der Waals surface area contributed by atoms with Crippen molar-refractivity contribution in [3.63, 3.8) is 0 Å². The van der Waals surface area contributed by atoms with Gasteiger partial charge in [-0.1, -0.05) is 45.3 Å². The summed E-state index contributed by atoms with van der Waals surface area (Å²) in [4.78, 5) is 0. The van der Waals surface area contributed by atoms with E-state index in [1.165, 1.54) is 38.5 Å². The van der Waals surface area contributed by atoms with Gasteiger partial charge in [0.25, 0.3) is 10.2 Å². The monoisotopic (exact) mass is 521 g/mol. The highest BCUT2D eigenvalue weighted by atomic mass is 32.2. The smallest absolute Gasteiger partial charge is 0.274 e. The number of hydrogen-bond acceptors (Lipinski definition) is 4. The number of nitrogens with one attached hydrogen (secondary N) is 2. The van der Waals surface area contributed by atoms with E-state index in [1.807, 2.05) is 0 Å². The first kappa shape index (κ1) is 27.1. The second-order valence-electron chi connectivity index (χ2n) is 13.7. The number of ether oxygens (including phenoxy) is 1. The van der Waals surface area contributed by atoms with Crippen LogP contribution in [-0.4, -0.2) is 39.3 Å². The van der Waals surface area contributed by atoms with Crippen LogP contribution in [0, 0.1) is 40.9 Å². The van der Waals surface area contributed by atoms with Crippen LogP contribution in [0.3, 0.4) is 0 Å². The second kappa shape index (κ2) is 9.93. The fraction of sp³-hybridized carbons (Fsp3) is 0.931. The van der Waals surface area contributed by atoms with Crippen molar-refractivity contribution in [1.29, 1.82) is 0 Å². The molecule has 0 amide bonds. The summed E-state index contributed by atoms with van der Waals surface area (Å²) < 4.78 is 32.7. The van der Waals surface area contributed by atoms with Crippen LogP contribution in [0.2, 0.25) is 0 Å². The Kier molecular flexibility index (Phi) is 7.48. The van der Waals surface area contributed by atoms with E-state index in [4.69, 9.17) is 9.88 Å². The molecule has 4 fully saturated rings. The summed E-state index contributed by atoms with van der Waals surface area (Å²) in [5, 5.41) is 9.15. The molecule has 0 aromatic heterocycles. The van der Waals surface area contributed by atoms with Gasteiger partial charge >= 0.3 is 0 Å². The van der Waals surface area contributed by atoms with E-state index in [0.717, 1.165) is 56.6 Å². The molecule has 0 radical (unpaired) electrons. The lowest BCUT2D eigenvalue weighted by Gasteiger charge is -2.54. The molecule has 206 valence electrons. The third-order valence-electron chi connectivity index (χ3n) is 11.9. The summed E-state index contributed by atoms with van der Waals surface area (Å²) in [5.74, 6) is 4.09. The molecule has 5 aliphatic rings. The van der Waals surface area contributed by atoms with Crippen LogP contribution in [0.4, 0.5) is 0 Å². The zero-order valence-electron chi connectivity index (χ0n) is 23.3. The second-order valence-corrected chi connectivity index (χ2v) is 15.0. The molecule has 10 atom stereocenters. The Bertz CT molecular complexity index is 967. The fourth-order valence-corrected chi connectivity index (χ4v) is 10.0. The Labute approximate surface area is 220 Å². The maximum absolute atomic E-state index is 11.6. The minimum absolute atomic E-state index is 0.00257. The van der Waals surface area contributed by atoms with Crippen LogP contribution in [0.15, 0.2) is 11.1 Å². The lowest BCUT2D eigenvalue weighted by atomic mass is 9.52. The molecule has 1 aliphatic heterocycles. The maximum Gasteiger partial charge on any atom is 0.274 e. The van der Waals surface area contributed by atoms with Gasteiger partial charge in [-0.3, -0.25) is 0 Å². The maximum atomic E-state index is 11.6. The molecule has 4 N–H and O–H groups in total. The quantitative estimate of drug-likeness (QED) is 0.433. The first-order valence-electron chi connectivity index (χ1n) is 14.8. The Balaban J connectivity index is 1.30. The average molecular weight is 522 g/mol. The van der Waals surface area contributed by atoms with E-state index in [9.17, 15) is 8.42 Å². The van der Waals surface area contributed by atoms with Gasteiger partial charge in [0, 0.05) is 18.0 Å². The predicted octanol–water partition coefficient (Wildman–Crippen LogP) is 4.91. The number of rotatable bonds is 6. The molecule has 0 aromatic carbocycles. The van der Waals surface area contributed by atoms with Crippen LogP contribution in [0.1, 0.15) is 98.8 Å². The van der Waals surface area contributed by atoms with E-state index >= 15 is 0 Å². The molecule has 1 heterocycles. The highest BCUT2D eigenvalue weighted by Gasteiger charge is 2.58. The van der Waals surface area contributed by atoms with Crippen molar-refractivity contribution in [2.24, 2.45) is 46.1 Å². The summed E-state index contributed by atoms with van der Waals surface area (Å²) in [6.07, 6.45) is 11.5. The normalized spacial score (nSPS) is 45.8. The van der Waals surface area contributed by atoms with Gasteiger partial charge in [-0.15, -0.1) is 0 Å². The predicted molar refractivity (Wildman–Crippen MR) is 145 cm³/mol. The number of allylic oxidation sites excluding steroid dienone is 1. The topological polar surface area (TPSA) is 93.4 Å². The van der Waals surface area contributed by atoms with Gasteiger partial charge in [0.15, 0.2) is 0 Å². The number of fused-ring (bicyclic) bond motifs is 5. The van der Waals surface area contributed by atoms with Crippen LogP contribution in [-0.2, 0) is 14.9 Å². The molecule has 36 heavy (non-hydrogen) atoms. The Hall–Kier alpha value is -0.470. The summed E-state index contributed by atoms with van der Waals surface area (Å²) in [6, 6.07) is 0.475. The van der Waals surface area contributed by atoms with Crippen molar-refractivity contribution in [2.45, 2.75) is 117 Å². The number of nitrogens with two attached hydrogens (primary N) is 1. The van der Waals surface area contributed by atoms with E-state index in [2.05, 4.69) is 44.7 Å². The Morgan fingerprint density at radius 1 is 1.19 bits per heavy atom. The standard InChI is InChI=1S/C29H51N3O3S/c1-6-18(2)16-31-27-17-35-29(20(27)4)12-10-23-24-8-7-21-13-22(32-36(30,33)34)9-11-28(21,5)26(24)14-25(23)19(3)15-29/h18,20-24,26-27,31-32H,6-17H2,1-5H3,(H2,30,33,34)/t18-,20+,21+,22-,23-,24-,26-,27+,28-,29-/m0/s1. The summed E-state index contributed by atoms with van der Waals surface area (Å²) in [7, 11) is -3.63. The van der Waals surface area contributed by atoms with E-state index in [-0.39, 0.29) is 11.6 Å². The molecule has 1 saturated heterocycles. The van der Waals surface area contributed by atoms with Crippen LogP contribution in [0.25, 0.3) is 0 Å². The van der Waals surface area contributed by atoms with E-state index < -0.39 is 10.2 Å². The first-order valence-corrected chi connectivity index (χ1v) is 16.4. The molecule has 7 heteroatoms. The molecular weight excluding hydrogens is 470 g/mol. The Morgan fingerprint density at radius 2 is 1.97 bits per heavy atom. The van der Waals surface area contributed by atoms with Gasteiger partial charge in [-0.25, -0.2) is 5.14 Å². The van der Waals surface area contributed by atoms with E-state index in [1.54, 1.807) is 11.1 Å². The van der Waals surface area contributed by atoms with Gasteiger partial charge < -0.3 is 10.1 Å². The van der Waals surface area contributed by atoms with Crippen molar-refractivity contribution in [3.05, 3.63) is 11.1 Å². The molecule has 0 bridgehead atoms. The van der Waals surface area contributed by atoms with Gasteiger partial charge in [0.1, 0.15) is 0 Å². The van der Waals surface area contributed by atoms with Crippen molar-refractivity contribution in [2.75, 3.05) is 13.2 Å². The van der Waals surface area contributed by atoms with Gasteiger partial charge in [0.2, 0.25) is 0 Å². The van der Waals surface area contributed by atoms with Crippen LogP contribution < -0.4 is 15.2 Å². The molecule has 4 aliphatic carbocycles. The van der Waals surface area contributed by atoms with Crippen molar-refractivity contribution >= 4 is 10.2 Å². The van der Waals surface area contributed by atoms with Crippen molar-refractivity contribution in [3.8, 4) is 0 Å². The van der Waals surface area contributed by atoms with Crippen molar-refractivity contribution in [1.82, 2.24) is 10.0 Å². The molecule has 1 spiro atoms. The van der Waals surface area contributed by atoms with Crippen LogP contribution >= 0.6 is 0 Å². The minimum Gasteiger partial charge on any atom is -0.373 e. The van der Waals surface area contributed by atoms with Gasteiger partial charge in [-0.05, 0) is 106 Å². The van der Waals surface area contributed by atoms with Gasteiger partial charge in [-0.2, -0.15) is 13.1 Å². The average Bonchev–Trinajstić information content (AvgIpc) is 3.30. The summed E-state index contributed by atoms with van der Waals surface area (Å²) in [6.45, 7) is 13.9. The molecule has 5 rings (SSSR count). The third-order valence-corrected chi connectivity index (χ3v) is 12.5. The summed E-state index contributed by atoms with van der Waals surface area (Å²) >= 11 is 0. The molecule has 0 unspecified atom stereocenters. The SMILES string of the molecule is CC[C@H](C)CN[C@@H]1CO[C@]2(CC[C@@H]3C(=C(C)C2)C[C@H]2[C@H]3CC[C@@H]3C[C@@H](NS(N)(=O)=O)CC[C@@]32C)[C@@H]1C. The fourth-order valence-electron chi connectivity index (χ4n) is 9.36.